The van der Waals surface area contributed by atoms with E-state index in [9.17, 15) is 4.79 Å². The zero-order valence-corrected chi connectivity index (χ0v) is 7.80. The molecule has 68 valence electrons. The Morgan fingerprint density at radius 3 is 2.75 bits per heavy atom. The molecule has 0 heterocycles. The molecule has 0 aromatic rings. The zero-order chi connectivity index (χ0) is 8.97. The van der Waals surface area contributed by atoms with E-state index >= 15 is 0 Å². The lowest BCUT2D eigenvalue weighted by Gasteiger charge is -1.99. The van der Waals surface area contributed by atoms with E-state index in [1.54, 1.807) is 6.08 Å². The highest BCUT2D eigenvalue weighted by atomic mass is 16.5. The quantitative estimate of drug-likeness (QED) is 0.475. The fraction of sp³-hybridized carbons (Fsp3) is 0.700. The van der Waals surface area contributed by atoms with Crippen molar-refractivity contribution in [1.29, 1.82) is 0 Å². The summed E-state index contributed by atoms with van der Waals surface area (Å²) in [6, 6.07) is 0. The largest absolute Gasteiger partial charge is 0.462 e. The Hall–Kier alpha value is -0.790. The van der Waals surface area contributed by atoms with Crippen LogP contribution in [-0.4, -0.2) is 12.6 Å². The highest BCUT2D eigenvalue weighted by molar-refractivity contribution is 5.82. The highest BCUT2D eigenvalue weighted by Crippen LogP contribution is 2.28. The Morgan fingerprint density at radius 1 is 1.58 bits per heavy atom. The van der Waals surface area contributed by atoms with Gasteiger partial charge in [-0.3, -0.25) is 0 Å². The van der Waals surface area contributed by atoms with Crippen LogP contribution in [-0.2, 0) is 9.53 Å². The summed E-state index contributed by atoms with van der Waals surface area (Å²) in [6.45, 7) is 4.59. The van der Waals surface area contributed by atoms with Crippen LogP contribution < -0.4 is 0 Å². The van der Waals surface area contributed by atoms with Gasteiger partial charge in [0.25, 0.3) is 0 Å². The van der Waals surface area contributed by atoms with Crippen LogP contribution in [0.3, 0.4) is 0 Å². The van der Waals surface area contributed by atoms with Crippen LogP contribution in [0.1, 0.15) is 33.1 Å². The standard InChI is InChI=1S/C10H16O2/c1-3-8(2)6-10(11)12-7-9-4-5-9/h6,9H,3-5,7H2,1-2H3/b8-6+. The molecule has 1 aliphatic carbocycles. The summed E-state index contributed by atoms with van der Waals surface area (Å²) in [4.78, 5) is 11.0. The third-order valence-electron chi connectivity index (χ3n) is 2.08. The third-order valence-corrected chi connectivity index (χ3v) is 2.08. The first-order valence-corrected chi connectivity index (χ1v) is 4.56. The summed E-state index contributed by atoms with van der Waals surface area (Å²) in [5.41, 5.74) is 1.08. The van der Waals surface area contributed by atoms with Gasteiger partial charge in [-0.2, -0.15) is 0 Å². The van der Waals surface area contributed by atoms with E-state index in [2.05, 4.69) is 0 Å². The van der Waals surface area contributed by atoms with Gasteiger partial charge in [0, 0.05) is 6.08 Å². The molecule has 0 radical (unpaired) electrons. The number of esters is 1. The molecule has 1 aliphatic rings. The molecule has 1 rings (SSSR count). The van der Waals surface area contributed by atoms with E-state index in [1.165, 1.54) is 12.8 Å². The second-order valence-electron chi connectivity index (χ2n) is 3.42. The van der Waals surface area contributed by atoms with Crippen molar-refractivity contribution in [2.75, 3.05) is 6.61 Å². The molecule has 0 spiro atoms. The number of allylic oxidation sites excluding steroid dienone is 1. The molecule has 1 fully saturated rings. The van der Waals surface area contributed by atoms with Gasteiger partial charge < -0.3 is 4.74 Å². The molecule has 0 bridgehead atoms. The molecular formula is C10H16O2. The summed E-state index contributed by atoms with van der Waals surface area (Å²) in [5, 5.41) is 0. The van der Waals surface area contributed by atoms with E-state index in [1.807, 2.05) is 13.8 Å². The molecule has 0 amide bonds. The highest BCUT2D eigenvalue weighted by Gasteiger charge is 2.22. The number of hydrogen-bond donors (Lipinski definition) is 0. The van der Waals surface area contributed by atoms with Gasteiger partial charge in [0.1, 0.15) is 0 Å². The maximum atomic E-state index is 11.0. The first-order valence-electron chi connectivity index (χ1n) is 4.56. The molecule has 0 N–H and O–H groups in total. The maximum Gasteiger partial charge on any atom is 0.330 e. The van der Waals surface area contributed by atoms with Gasteiger partial charge in [-0.05, 0) is 32.1 Å². The van der Waals surface area contributed by atoms with Gasteiger partial charge >= 0.3 is 5.97 Å². The van der Waals surface area contributed by atoms with Crippen LogP contribution >= 0.6 is 0 Å². The van der Waals surface area contributed by atoms with Crippen LogP contribution in [0.5, 0.6) is 0 Å². The van der Waals surface area contributed by atoms with E-state index in [0.29, 0.717) is 12.5 Å². The molecule has 0 aromatic heterocycles. The van der Waals surface area contributed by atoms with Gasteiger partial charge in [0.15, 0.2) is 0 Å². The number of hydrogen-bond acceptors (Lipinski definition) is 2. The van der Waals surface area contributed by atoms with Crippen molar-refractivity contribution in [3.8, 4) is 0 Å². The van der Waals surface area contributed by atoms with E-state index in [-0.39, 0.29) is 5.97 Å². The molecule has 0 atom stereocenters. The summed E-state index contributed by atoms with van der Waals surface area (Å²) < 4.78 is 5.02. The van der Waals surface area contributed by atoms with Crippen LogP contribution in [0.25, 0.3) is 0 Å². The SMILES string of the molecule is CC/C(C)=C/C(=O)OCC1CC1. The minimum Gasteiger partial charge on any atom is -0.462 e. The monoisotopic (exact) mass is 168 g/mol. The summed E-state index contributed by atoms with van der Waals surface area (Å²) in [6.07, 6.45) is 4.95. The van der Waals surface area contributed by atoms with Gasteiger partial charge in [0.05, 0.1) is 6.61 Å². The number of carbonyl (C=O) groups is 1. The lowest BCUT2D eigenvalue weighted by atomic mass is 10.2. The molecule has 1 saturated carbocycles. The normalized spacial score (nSPS) is 17.7. The number of carbonyl (C=O) groups excluding carboxylic acids is 1. The zero-order valence-electron chi connectivity index (χ0n) is 7.80. The smallest absolute Gasteiger partial charge is 0.330 e. The van der Waals surface area contributed by atoms with E-state index in [4.69, 9.17) is 4.74 Å². The van der Waals surface area contributed by atoms with Crippen molar-refractivity contribution in [1.82, 2.24) is 0 Å². The first kappa shape index (κ1) is 9.30. The topological polar surface area (TPSA) is 26.3 Å². The van der Waals surface area contributed by atoms with Gasteiger partial charge in [0.2, 0.25) is 0 Å². The van der Waals surface area contributed by atoms with Crippen LogP contribution in [0.2, 0.25) is 0 Å². The second kappa shape index (κ2) is 4.29. The summed E-state index contributed by atoms with van der Waals surface area (Å²) in [5.74, 6) is 0.477. The Kier molecular flexibility index (Phi) is 3.32. The molecule has 0 aromatic carbocycles. The second-order valence-corrected chi connectivity index (χ2v) is 3.42. The van der Waals surface area contributed by atoms with E-state index < -0.39 is 0 Å². The minimum atomic E-state index is -0.179. The Labute approximate surface area is 73.6 Å². The van der Waals surface area contributed by atoms with Crippen molar-refractivity contribution >= 4 is 5.97 Å². The predicted molar refractivity (Wildman–Crippen MR) is 47.7 cm³/mol. The summed E-state index contributed by atoms with van der Waals surface area (Å²) in [7, 11) is 0. The minimum absolute atomic E-state index is 0.179. The fourth-order valence-electron chi connectivity index (χ4n) is 0.829. The molecule has 2 nitrogen and oxygen atoms in total. The number of ether oxygens (including phenoxy) is 1. The molecule has 12 heavy (non-hydrogen) atoms. The van der Waals surface area contributed by atoms with E-state index in [0.717, 1.165) is 12.0 Å². The lowest BCUT2D eigenvalue weighted by Crippen LogP contribution is -2.04. The molecule has 0 unspecified atom stereocenters. The first-order chi connectivity index (χ1) is 5.72. The van der Waals surface area contributed by atoms with Crippen molar-refractivity contribution in [2.24, 2.45) is 5.92 Å². The van der Waals surface area contributed by atoms with Crippen molar-refractivity contribution in [2.45, 2.75) is 33.1 Å². The average molecular weight is 168 g/mol. The lowest BCUT2D eigenvalue weighted by molar-refractivity contribution is -0.138. The Morgan fingerprint density at radius 2 is 2.25 bits per heavy atom. The van der Waals surface area contributed by atoms with Crippen LogP contribution in [0, 0.1) is 5.92 Å². The van der Waals surface area contributed by atoms with Crippen LogP contribution in [0.4, 0.5) is 0 Å². The Balaban J connectivity index is 2.17. The number of rotatable bonds is 4. The fourth-order valence-corrected chi connectivity index (χ4v) is 0.829. The maximum absolute atomic E-state index is 11.0. The van der Waals surface area contributed by atoms with Crippen molar-refractivity contribution in [3.63, 3.8) is 0 Å². The van der Waals surface area contributed by atoms with Crippen LogP contribution in [0.15, 0.2) is 11.6 Å². The summed E-state index contributed by atoms with van der Waals surface area (Å²) >= 11 is 0. The van der Waals surface area contributed by atoms with Crippen molar-refractivity contribution in [3.05, 3.63) is 11.6 Å². The van der Waals surface area contributed by atoms with Gasteiger partial charge in [-0.25, -0.2) is 4.79 Å². The predicted octanol–water partition coefficient (Wildman–Crippen LogP) is 2.30. The Bertz CT molecular complexity index is 190. The molecular weight excluding hydrogens is 152 g/mol. The van der Waals surface area contributed by atoms with Gasteiger partial charge in [-0.15, -0.1) is 0 Å². The van der Waals surface area contributed by atoms with Crippen molar-refractivity contribution < 1.29 is 9.53 Å². The molecule has 0 saturated heterocycles. The molecule has 2 heteroatoms. The average Bonchev–Trinajstić information content (AvgIpc) is 2.83. The molecule has 0 aliphatic heterocycles. The third kappa shape index (κ3) is 3.56. The van der Waals surface area contributed by atoms with Gasteiger partial charge in [-0.1, -0.05) is 12.5 Å².